The Morgan fingerprint density at radius 2 is 1.91 bits per heavy atom. The van der Waals surface area contributed by atoms with Crippen molar-refractivity contribution in [2.45, 2.75) is 27.2 Å². The van der Waals surface area contributed by atoms with Gasteiger partial charge in [0.25, 0.3) is 5.91 Å². The number of carboxylic acid groups (broad SMARTS) is 1. The van der Waals surface area contributed by atoms with E-state index in [0.29, 0.717) is 12.2 Å². The number of hydrogen-bond acceptors (Lipinski definition) is 3. The summed E-state index contributed by atoms with van der Waals surface area (Å²) in [5.41, 5.74) is 3.23. The number of aromatic nitrogens is 2. The maximum atomic E-state index is 12.2. The maximum Gasteiger partial charge on any atom is 0.303 e. The van der Waals surface area contributed by atoms with Gasteiger partial charge in [0.05, 0.1) is 5.69 Å². The van der Waals surface area contributed by atoms with Crippen molar-refractivity contribution in [1.82, 2.24) is 15.1 Å². The first-order valence-corrected chi connectivity index (χ1v) is 7.50. The zero-order valence-electron chi connectivity index (χ0n) is 13.5. The monoisotopic (exact) mass is 315 g/mol. The van der Waals surface area contributed by atoms with Gasteiger partial charge in [0, 0.05) is 18.7 Å². The zero-order valence-corrected chi connectivity index (χ0v) is 13.5. The van der Waals surface area contributed by atoms with E-state index in [1.165, 1.54) is 0 Å². The van der Waals surface area contributed by atoms with E-state index in [1.807, 2.05) is 38.1 Å². The van der Waals surface area contributed by atoms with E-state index in [1.54, 1.807) is 17.7 Å². The Morgan fingerprint density at radius 1 is 1.26 bits per heavy atom. The van der Waals surface area contributed by atoms with E-state index in [2.05, 4.69) is 10.4 Å². The van der Waals surface area contributed by atoms with Crippen LogP contribution in [-0.2, 0) is 4.79 Å². The Hall–Kier alpha value is -2.63. The van der Waals surface area contributed by atoms with Gasteiger partial charge in [-0.1, -0.05) is 24.6 Å². The summed E-state index contributed by atoms with van der Waals surface area (Å²) in [4.78, 5) is 22.8. The first-order chi connectivity index (χ1) is 10.9. The summed E-state index contributed by atoms with van der Waals surface area (Å²) in [6.45, 7) is 5.99. The van der Waals surface area contributed by atoms with E-state index in [4.69, 9.17) is 5.11 Å². The van der Waals surface area contributed by atoms with E-state index in [0.717, 1.165) is 16.9 Å². The number of nitrogens with zero attached hydrogens (tertiary/aromatic N) is 2. The van der Waals surface area contributed by atoms with Gasteiger partial charge in [-0.3, -0.25) is 9.59 Å². The highest BCUT2D eigenvalue weighted by atomic mass is 16.4. The number of amides is 1. The molecule has 1 aromatic heterocycles. The van der Waals surface area contributed by atoms with Gasteiger partial charge in [0.15, 0.2) is 5.69 Å². The molecule has 122 valence electrons. The molecule has 0 aliphatic rings. The maximum absolute atomic E-state index is 12.2. The van der Waals surface area contributed by atoms with Gasteiger partial charge in [-0.05, 0) is 38.0 Å². The number of rotatable bonds is 6. The Balaban J connectivity index is 2.06. The normalized spacial score (nSPS) is 12.0. The minimum absolute atomic E-state index is 0.0249. The molecule has 1 amide bonds. The molecule has 2 rings (SSSR count). The summed E-state index contributed by atoms with van der Waals surface area (Å²) in [5, 5.41) is 15.8. The minimum Gasteiger partial charge on any atom is -0.481 e. The number of carboxylic acids is 1. The van der Waals surface area contributed by atoms with E-state index in [9.17, 15) is 9.59 Å². The van der Waals surface area contributed by atoms with Crippen LogP contribution >= 0.6 is 0 Å². The first kappa shape index (κ1) is 16.7. The Kier molecular flexibility index (Phi) is 5.16. The Labute approximate surface area is 135 Å². The highest BCUT2D eigenvalue weighted by molar-refractivity contribution is 5.92. The van der Waals surface area contributed by atoms with E-state index < -0.39 is 5.97 Å². The van der Waals surface area contributed by atoms with Crippen molar-refractivity contribution >= 4 is 11.9 Å². The average molecular weight is 315 g/mol. The molecule has 0 aliphatic heterocycles. The number of aryl methyl sites for hydroxylation is 2. The Bertz CT molecular complexity index is 704. The minimum atomic E-state index is -0.869. The third kappa shape index (κ3) is 4.42. The van der Waals surface area contributed by atoms with Crippen LogP contribution in [0.4, 0.5) is 0 Å². The molecule has 0 radical (unpaired) electrons. The molecular weight excluding hydrogens is 294 g/mol. The van der Waals surface area contributed by atoms with Crippen molar-refractivity contribution in [2.75, 3.05) is 6.54 Å². The molecule has 1 heterocycles. The quantitative estimate of drug-likeness (QED) is 0.857. The van der Waals surface area contributed by atoms with Crippen molar-refractivity contribution in [3.63, 3.8) is 0 Å². The number of carbonyl (C=O) groups is 2. The third-order valence-corrected chi connectivity index (χ3v) is 3.53. The summed E-state index contributed by atoms with van der Waals surface area (Å²) in [6.07, 6.45) is 0.0249. The number of aliphatic carboxylic acids is 1. The molecule has 1 aromatic carbocycles. The SMILES string of the molecule is Cc1ccc(-n2nc(C(=O)NCC(C)CC(=O)O)cc2C)cc1. The molecule has 0 saturated heterocycles. The van der Waals surface area contributed by atoms with Crippen LogP contribution in [0.1, 0.15) is 35.1 Å². The zero-order chi connectivity index (χ0) is 17.0. The van der Waals surface area contributed by atoms with Crippen LogP contribution in [0.15, 0.2) is 30.3 Å². The second kappa shape index (κ2) is 7.09. The lowest BCUT2D eigenvalue weighted by atomic mass is 10.1. The van der Waals surface area contributed by atoms with Gasteiger partial charge >= 0.3 is 5.97 Å². The molecular formula is C17H21N3O3. The Morgan fingerprint density at radius 3 is 2.52 bits per heavy atom. The van der Waals surface area contributed by atoms with Crippen LogP contribution in [-0.4, -0.2) is 33.3 Å². The second-order valence-corrected chi connectivity index (χ2v) is 5.83. The molecule has 2 aromatic rings. The van der Waals surface area contributed by atoms with Crippen molar-refractivity contribution < 1.29 is 14.7 Å². The highest BCUT2D eigenvalue weighted by Gasteiger charge is 2.15. The second-order valence-electron chi connectivity index (χ2n) is 5.83. The molecule has 1 atom stereocenters. The lowest BCUT2D eigenvalue weighted by Crippen LogP contribution is -2.29. The van der Waals surface area contributed by atoms with Crippen molar-refractivity contribution in [1.29, 1.82) is 0 Å². The lowest BCUT2D eigenvalue weighted by Gasteiger charge is -2.09. The topological polar surface area (TPSA) is 84.2 Å². The lowest BCUT2D eigenvalue weighted by molar-refractivity contribution is -0.137. The molecule has 2 N–H and O–H groups in total. The summed E-state index contributed by atoms with van der Waals surface area (Å²) < 4.78 is 1.72. The summed E-state index contributed by atoms with van der Waals surface area (Å²) in [7, 11) is 0. The number of benzene rings is 1. The molecule has 6 heteroatoms. The van der Waals surface area contributed by atoms with Gasteiger partial charge in [-0.15, -0.1) is 0 Å². The van der Waals surface area contributed by atoms with E-state index in [-0.39, 0.29) is 18.2 Å². The fraction of sp³-hybridized carbons (Fsp3) is 0.353. The van der Waals surface area contributed by atoms with Gasteiger partial charge in [0.2, 0.25) is 0 Å². The number of carbonyl (C=O) groups excluding carboxylic acids is 1. The largest absolute Gasteiger partial charge is 0.481 e. The predicted molar refractivity (Wildman–Crippen MR) is 86.8 cm³/mol. The number of nitrogens with one attached hydrogen (secondary N) is 1. The summed E-state index contributed by atoms with van der Waals surface area (Å²) in [6, 6.07) is 9.60. The average Bonchev–Trinajstić information content (AvgIpc) is 2.87. The van der Waals surface area contributed by atoms with E-state index >= 15 is 0 Å². The van der Waals surface area contributed by atoms with Crippen LogP contribution in [0.5, 0.6) is 0 Å². The van der Waals surface area contributed by atoms with Crippen LogP contribution in [0.2, 0.25) is 0 Å². The fourth-order valence-electron chi connectivity index (χ4n) is 2.26. The third-order valence-electron chi connectivity index (χ3n) is 3.53. The van der Waals surface area contributed by atoms with Crippen molar-refractivity contribution in [3.8, 4) is 5.69 Å². The van der Waals surface area contributed by atoms with Gasteiger partial charge in [0.1, 0.15) is 0 Å². The molecule has 0 bridgehead atoms. The molecule has 0 fully saturated rings. The van der Waals surface area contributed by atoms with Gasteiger partial charge in [-0.2, -0.15) is 5.10 Å². The van der Waals surface area contributed by atoms with Gasteiger partial charge in [-0.25, -0.2) is 4.68 Å². The highest BCUT2D eigenvalue weighted by Crippen LogP contribution is 2.13. The molecule has 23 heavy (non-hydrogen) atoms. The number of hydrogen-bond donors (Lipinski definition) is 2. The molecule has 6 nitrogen and oxygen atoms in total. The first-order valence-electron chi connectivity index (χ1n) is 7.50. The van der Waals surface area contributed by atoms with Gasteiger partial charge < -0.3 is 10.4 Å². The summed E-state index contributed by atoms with van der Waals surface area (Å²) in [5.74, 6) is -1.29. The molecule has 1 unspecified atom stereocenters. The van der Waals surface area contributed by atoms with Crippen LogP contribution in [0, 0.1) is 19.8 Å². The summed E-state index contributed by atoms with van der Waals surface area (Å²) >= 11 is 0. The van der Waals surface area contributed by atoms with Crippen LogP contribution in [0.25, 0.3) is 5.69 Å². The fourth-order valence-corrected chi connectivity index (χ4v) is 2.26. The standard InChI is InChI=1S/C17H21N3O3/c1-11-4-6-14(7-5-11)20-13(3)9-15(19-20)17(23)18-10-12(2)8-16(21)22/h4-7,9,12H,8,10H2,1-3H3,(H,18,23)(H,21,22). The van der Waals surface area contributed by atoms with Crippen LogP contribution in [0.3, 0.4) is 0 Å². The van der Waals surface area contributed by atoms with Crippen LogP contribution < -0.4 is 5.32 Å². The van der Waals surface area contributed by atoms with Crippen molar-refractivity contribution in [3.05, 3.63) is 47.3 Å². The molecule has 0 aliphatic carbocycles. The predicted octanol–water partition coefficient (Wildman–Crippen LogP) is 2.33. The molecule has 0 saturated carbocycles. The molecule has 0 spiro atoms. The van der Waals surface area contributed by atoms with Crippen molar-refractivity contribution in [2.24, 2.45) is 5.92 Å². The smallest absolute Gasteiger partial charge is 0.303 e.